The monoisotopic (exact) mass is 813 g/mol. The number of hydrogen-bond donors (Lipinski definition) is 0. The number of rotatable bonds is 14. The average Bonchev–Trinajstić information content (AvgIpc) is 3.98. The van der Waals surface area contributed by atoms with Crippen molar-refractivity contribution in [3.8, 4) is 33.9 Å². The first kappa shape index (κ1) is 41.6. The van der Waals surface area contributed by atoms with E-state index in [2.05, 4.69) is 72.5 Å². The summed E-state index contributed by atoms with van der Waals surface area (Å²) in [7, 11) is 11.9. The maximum absolute atomic E-state index is 13.9. The van der Waals surface area contributed by atoms with Gasteiger partial charge in [0.1, 0.15) is 17.3 Å². The van der Waals surface area contributed by atoms with E-state index in [0.717, 1.165) is 74.3 Å². The molecule has 8 aromatic rings. The summed E-state index contributed by atoms with van der Waals surface area (Å²) < 4.78 is 33.7. The van der Waals surface area contributed by atoms with Crippen LogP contribution in [0.3, 0.4) is 0 Å². The molecule has 0 aliphatic heterocycles. The van der Waals surface area contributed by atoms with E-state index in [0.29, 0.717) is 38.5 Å². The number of aryl methyl sites for hydroxylation is 4. The quantitative estimate of drug-likeness (QED) is 0.126. The second kappa shape index (κ2) is 18.2. The number of hydrogen-bond acceptors (Lipinski definition) is 11. The highest BCUT2D eigenvalue weighted by atomic mass is 19.1. The second-order valence-corrected chi connectivity index (χ2v) is 15.5. The Morgan fingerprint density at radius 1 is 0.683 bits per heavy atom. The lowest BCUT2D eigenvalue weighted by Gasteiger charge is -2.13. The fourth-order valence-electron chi connectivity index (χ4n) is 7.00. The van der Waals surface area contributed by atoms with Crippen LogP contribution in [-0.2, 0) is 40.0 Å². The number of benzene rings is 2. The summed E-state index contributed by atoms with van der Waals surface area (Å²) in [6, 6.07) is 14.7. The van der Waals surface area contributed by atoms with Crippen LogP contribution in [0, 0.1) is 26.6 Å². The van der Waals surface area contributed by atoms with Crippen molar-refractivity contribution in [2.24, 2.45) is 14.1 Å². The summed E-state index contributed by atoms with van der Waals surface area (Å²) in [4.78, 5) is 8.73. The van der Waals surface area contributed by atoms with Crippen molar-refractivity contribution in [1.29, 1.82) is 0 Å². The first-order chi connectivity index (χ1) is 28.8. The summed E-state index contributed by atoms with van der Waals surface area (Å²) in [5.41, 5.74) is 10.7. The highest BCUT2D eigenvalue weighted by Gasteiger charge is 2.16. The maximum Gasteiger partial charge on any atom is 0.179 e. The molecule has 0 amide bonds. The summed E-state index contributed by atoms with van der Waals surface area (Å²) in [5.74, 6) is 2.72. The van der Waals surface area contributed by atoms with E-state index in [1.165, 1.54) is 23.4 Å². The Morgan fingerprint density at radius 3 is 2.02 bits per heavy atom. The molecule has 0 saturated heterocycles. The number of ether oxygens (including phenoxy) is 2. The third-order valence-electron chi connectivity index (χ3n) is 10.1. The minimum atomic E-state index is -0.330. The number of pyridine rings is 1. The van der Waals surface area contributed by atoms with Crippen LogP contribution in [0.4, 0.5) is 4.39 Å². The highest BCUT2D eigenvalue weighted by molar-refractivity contribution is 5.71. The largest absolute Gasteiger partial charge is 0.493 e. The van der Waals surface area contributed by atoms with Crippen LogP contribution < -0.4 is 9.47 Å². The van der Waals surface area contributed by atoms with Crippen molar-refractivity contribution in [1.82, 2.24) is 63.5 Å². The van der Waals surface area contributed by atoms with Gasteiger partial charge in [0, 0.05) is 74.0 Å². The molecule has 0 fully saturated rings. The molecule has 60 heavy (non-hydrogen) atoms. The van der Waals surface area contributed by atoms with Gasteiger partial charge in [-0.3, -0.25) is 23.1 Å². The first-order valence-corrected chi connectivity index (χ1v) is 19.8. The van der Waals surface area contributed by atoms with E-state index in [1.54, 1.807) is 16.9 Å². The second-order valence-electron chi connectivity index (χ2n) is 15.5. The Balaban J connectivity index is 0.000000182. The summed E-state index contributed by atoms with van der Waals surface area (Å²) in [5, 5.41) is 25.7. The smallest absolute Gasteiger partial charge is 0.179 e. The first-order valence-electron chi connectivity index (χ1n) is 19.8. The van der Waals surface area contributed by atoms with Gasteiger partial charge in [-0.2, -0.15) is 10.2 Å². The van der Waals surface area contributed by atoms with Crippen LogP contribution in [0.25, 0.3) is 33.7 Å². The molecule has 0 spiro atoms. The van der Waals surface area contributed by atoms with E-state index in [1.807, 2.05) is 105 Å². The van der Waals surface area contributed by atoms with Crippen molar-refractivity contribution in [2.45, 2.75) is 46.7 Å². The van der Waals surface area contributed by atoms with Crippen LogP contribution in [0.2, 0.25) is 0 Å². The van der Waals surface area contributed by atoms with Crippen molar-refractivity contribution in [3.05, 3.63) is 125 Å². The van der Waals surface area contributed by atoms with Gasteiger partial charge in [-0.1, -0.05) is 6.07 Å². The van der Waals surface area contributed by atoms with Crippen LogP contribution in [0.1, 0.15) is 39.7 Å². The summed E-state index contributed by atoms with van der Waals surface area (Å²) in [6.45, 7) is 8.58. The topological polar surface area (TPSA) is 134 Å². The maximum atomic E-state index is 13.9. The molecule has 16 heteroatoms. The van der Waals surface area contributed by atoms with Crippen molar-refractivity contribution < 1.29 is 13.9 Å². The zero-order valence-corrected chi connectivity index (χ0v) is 35.8. The van der Waals surface area contributed by atoms with E-state index in [4.69, 9.17) is 9.47 Å². The molecule has 0 unspecified atom stereocenters. The molecule has 0 bridgehead atoms. The molecule has 15 nitrogen and oxygen atoms in total. The zero-order chi connectivity index (χ0) is 42.5. The number of fused-ring (bicyclic) bond motifs is 2. The van der Waals surface area contributed by atoms with Crippen LogP contribution >= 0.6 is 0 Å². The highest BCUT2D eigenvalue weighted by Crippen LogP contribution is 2.32. The van der Waals surface area contributed by atoms with Gasteiger partial charge in [-0.25, -0.2) is 4.39 Å². The molecule has 8 rings (SSSR count). The molecule has 0 N–H and O–H groups in total. The van der Waals surface area contributed by atoms with Crippen molar-refractivity contribution in [2.75, 3.05) is 41.4 Å². The predicted molar refractivity (Wildman–Crippen MR) is 228 cm³/mol. The number of halogens is 1. The molecule has 0 aliphatic carbocycles. The molecule has 2 aromatic carbocycles. The number of aromatic nitrogens is 11. The van der Waals surface area contributed by atoms with Gasteiger partial charge in [0.25, 0.3) is 0 Å². The lowest BCUT2D eigenvalue weighted by molar-refractivity contribution is 0.321. The third kappa shape index (κ3) is 9.67. The Kier molecular flexibility index (Phi) is 12.6. The molecular formula is C44H52FN13O2. The average molecular weight is 814 g/mol. The minimum absolute atomic E-state index is 0.330. The molecule has 0 aliphatic rings. The number of nitrogens with zero attached hydrogens (tertiary/aromatic N) is 13. The van der Waals surface area contributed by atoms with Crippen LogP contribution in [0.15, 0.2) is 79.5 Å². The summed E-state index contributed by atoms with van der Waals surface area (Å²) in [6.07, 6.45) is 11.0. The predicted octanol–water partition coefficient (Wildman–Crippen LogP) is 6.09. The molecule has 6 heterocycles. The van der Waals surface area contributed by atoms with Crippen molar-refractivity contribution >= 4 is 11.3 Å². The third-order valence-corrected chi connectivity index (χ3v) is 10.1. The van der Waals surface area contributed by atoms with Crippen LogP contribution in [0.5, 0.6) is 11.5 Å². The van der Waals surface area contributed by atoms with Gasteiger partial charge >= 0.3 is 0 Å². The van der Waals surface area contributed by atoms with Gasteiger partial charge in [0.05, 0.1) is 50.1 Å². The van der Waals surface area contributed by atoms with Gasteiger partial charge in [-0.05, 0) is 102 Å². The Labute approximate surface area is 349 Å². The normalized spacial score (nSPS) is 11.5. The van der Waals surface area contributed by atoms with E-state index in [9.17, 15) is 4.39 Å². The van der Waals surface area contributed by atoms with E-state index >= 15 is 0 Å². The molecular weight excluding hydrogens is 762 g/mol. The molecule has 0 radical (unpaired) electrons. The van der Waals surface area contributed by atoms with Gasteiger partial charge < -0.3 is 19.3 Å². The standard InChI is InChI=1S/C23H29N7O.C21H23FN6O/c1-15-7-8-19(20-13-30-22(12-24-20)25-26-23(30)14-28(4)5)21(11-15)31-10-9-18-16(2)27-29(6)17(18)3;1-26(2)14-21-25-24-20-7-4-16(13-28(20)21)18-6-5-17(22)10-19(18)29-9-8-15-11-23-27(3)12-15/h7-8,11-13H,9-10,14H2,1-6H3;4-7,10-13H,8-9,14H2,1-3H3. The lowest BCUT2D eigenvalue weighted by atomic mass is 10.1. The van der Waals surface area contributed by atoms with E-state index in [-0.39, 0.29) is 5.82 Å². The Hall–Kier alpha value is -6.52. The van der Waals surface area contributed by atoms with Crippen LogP contribution in [-0.4, -0.2) is 105 Å². The van der Waals surface area contributed by atoms with Gasteiger partial charge in [0.15, 0.2) is 22.9 Å². The lowest BCUT2D eigenvalue weighted by Crippen LogP contribution is -2.13. The summed E-state index contributed by atoms with van der Waals surface area (Å²) >= 11 is 0. The zero-order valence-electron chi connectivity index (χ0n) is 35.8. The fraction of sp³-hybridized carbons (Fsp3) is 0.341. The fourth-order valence-corrected chi connectivity index (χ4v) is 7.00. The Morgan fingerprint density at radius 2 is 1.35 bits per heavy atom. The molecule has 0 saturated carbocycles. The molecule has 6 aromatic heterocycles. The van der Waals surface area contributed by atoms with Gasteiger partial charge in [0.2, 0.25) is 0 Å². The SMILES string of the molecule is CN(C)Cc1nnc2ccc(-c3ccc(F)cc3OCCc3cnn(C)c3)cn12.Cc1ccc(-c2cn3c(CN(C)C)nnc3cn2)c(OCCc2c(C)nn(C)c2C)c1. The molecule has 312 valence electrons. The minimum Gasteiger partial charge on any atom is -0.493 e. The van der Waals surface area contributed by atoms with Gasteiger partial charge in [-0.15, -0.1) is 20.4 Å². The van der Waals surface area contributed by atoms with E-state index < -0.39 is 0 Å². The molecule has 0 atom stereocenters. The Bertz CT molecular complexity index is 2730. The van der Waals surface area contributed by atoms with Crippen molar-refractivity contribution in [3.63, 3.8) is 0 Å².